The Balaban J connectivity index is 2.22. The van der Waals surface area contributed by atoms with Gasteiger partial charge in [-0.25, -0.2) is 0 Å². The van der Waals surface area contributed by atoms with E-state index in [0.717, 1.165) is 16.3 Å². The molecule has 1 aromatic carbocycles. The van der Waals surface area contributed by atoms with E-state index >= 15 is 0 Å². The van der Waals surface area contributed by atoms with Crippen molar-refractivity contribution in [2.45, 2.75) is 0 Å². The summed E-state index contributed by atoms with van der Waals surface area (Å²) in [5, 5.41) is 5.62. The highest BCUT2D eigenvalue weighted by molar-refractivity contribution is 7.22. The Morgan fingerprint density at radius 3 is 2.81 bits per heavy atom. The number of anilines is 1. The van der Waals surface area contributed by atoms with Gasteiger partial charge in [0.25, 0.3) is 0 Å². The molecule has 3 aromatic rings. The summed E-state index contributed by atoms with van der Waals surface area (Å²) in [7, 11) is 1.88. The molecule has 0 amide bonds. The number of aromatic nitrogens is 2. The summed E-state index contributed by atoms with van der Waals surface area (Å²) in [5.41, 5.74) is 7.53. The van der Waals surface area contributed by atoms with Crippen molar-refractivity contribution in [3.63, 3.8) is 0 Å². The first-order valence-electron chi connectivity index (χ1n) is 5.02. The van der Waals surface area contributed by atoms with Gasteiger partial charge in [0.15, 0.2) is 0 Å². The van der Waals surface area contributed by atoms with Crippen LogP contribution in [0, 0.1) is 0 Å². The minimum absolute atomic E-state index is 0.731. The molecular weight excluding hydrogens is 218 g/mol. The highest BCUT2D eigenvalue weighted by atomic mass is 32.1. The predicted molar refractivity (Wildman–Crippen MR) is 68.4 cm³/mol. The van der Waals surface area contributed by atoms with Crippen LogP contribution in [-0.2, 0) is 7.05 Å². The molecule has 0 aliphatic heterocycles. The molecule has 0 radical (unpaired) electrons. The Hall–Kier alpha value is -1.81. The summed E-state index contributed by atoms with van der Waals surface area (Å²) in [5.74, 6) is 0. The van der Waals surface area contributed by atoms with E-state index in [1.165, 1.54) is 10.1 Å². The summed E-state index contributed by atoms with van der Waals surface area (Å²) >= 11 is 1.72. The fraction of sp³-hybridized carbons (Fsp3) is 0.0833. The van der Waals surface area contributed by atoms with E-state index in [2.05, 4.69) is 23.3 Å². The standard InChI is InChI=1S/C12H11N3S/c1-15-7-9(13)12(14-15)11-6-8-4-2-3-5-10(8)16-11/h2-7H,13H2,1H3. The molecule has 0 fully saturated rings. The summed E-state index contributed by atoms with van der Waals surface area (Å²) in [4.78, 5) is 1.12. The van der Waals surface area contributed by atoms with Gasteiger partial charge in [0, 0.05) is 17.9 Å². The number of aryl methyl sites for hydroxylation is 1. The summed E-state index contributed by atoms with van der Waals surface area (Å²) in [6.45, 7) is 0. The highest BCUT2D eigenvalue weighted by Crippen LogP contribution is 2.34. The lowest BCUT2D eigenvalue weighted by Gasteiger charge is -1.90. The summed E-state index contributed by atoms with van der Waals surface area (Å²) in [6.07, 6.45) is 1.83. The number of rotatable bonds is 1. The maximum atomic E-state index is 5.92. The number of hydrogen-bond donors (Lipinski definition) is 1. The van der Waals surface area contributed by atoms with Gasteiger partial charge >= 0.3 is 0 Å². The number of nitrogen functional groups attached to an aromatic ring is 1. The number of thiophene rings is 1. The van der Waals surface area contributed by atoms with Gasteiger partial charge in [0.1, 0.15) is 5.69 Å². The molecule has 0 saturated carbocycles. The van der Waals surface area contributed by atoms with Crippen molar-refractivity contribution >= 4 is 27.1 Å². The van der Waals surface area contributed by atoms with Gasteiger partial charge in [-0.15, -0.1) is 11.3 Å². The number of nitrogens with two attached hydrogens (primary N) is 1. The van der Waals surface area contributed by atoms with E-state index < -0.39 is 0 Å². The Kier molecular flexibility index (Phi) is 1.97. The molecule has 0 aliphatic rings. The van der Waals surface area contributed by atoms with Crippen molar-refractivity contribution in [1.29, 1.82) is 0 Å². The zero-order chi connectivity index (χ0) is 11.1. The monoisotopic (exact) mass is 229 g/mol. The van der Waals surface area contributed by atoms with Crippen LogP contribution in [0.25, 0.3) is 20.7 Å². The predicted octanol–water partition coefficient (Wildman–Crippen LogP) is 2.88. The molecule has 4 heteroatoms. The van der Waals surface area contributed by atoms with Crippen LogP contribution in [-0.4, -0.2) is 9.78 Å². The van der Waals surface area contributed by atoms with Gasteiger partial charge in [0.05, 0.1) is 10.6 Å². The second-order valence-corrected chi connectivity index (χ2v) is 4.84. The van der Waals surface area contributed by atoms with Crippen LogP contribution >= 0.6 is 11.3 Å². The van der Waals surface area contributed by atoms with Crippen LogP contribution in [0.3, 0.4) is 0 Å². The molecule has 2 aromatic heterocycles. The molecule has 0 bridgehead atoms. The van der Waals surface area contributed by atoms with E-state index in [0.29, 0.717) is 0 Å². The number of fused-ring (bicyclic) bond motifs is 1. The molecular formula is C12H11N3S. The second kappa shape index (κ2) is 3.35. The fourth-order valence-corrected chi connectivity index (χ4v) is 2.87. The van der Waals surface area contributed by atoms with Gasteiger partial charge in [0.2, 0.25) is 0 Å². The lowest BCUT2D eigenvalue weighted by molar-refractivity contribution is 0.771. The smallest absolute Gasteiger partial charge is 0.125 e. The van der Waals surface area contributed by atoms with Crippen LogP contribution in [0.15, 0.2) is 36.5 Å². The number of hydrogen-bond acceptors (Lipinski definition) is 3. The Morgan fingerprint density at radius 2 is 2.12 bits per heavy atom. The first-order valence-corrected chi connectivity index (χ1v) is 5.84. The van der Waals surface area contributed by atoms with E-state index in [1.807, 2.05) is 25.4 Å². The van der Waals surface area contributed by atoms with Crippen molar-refractivity contribution in [2.24, 2.45) is 7.05 Å². The Bertz CT molecular complexity index is 618. The van der Waals surface area contributed by atoms with Crippen molar-refractivity contribution in [3.8, 4) is 10.6 Å². The molecule has 16 heavy (non-hydrogen) atoms. The largest absolute Gasteiger partial charge is 0.396 e. The normalized spacial score (nSPS) is 11.1. The first-order chi connectivity index (χ1) is 7.74. The second-order valence-electron chi connectivity index (χ2n) is 3.76. The maximum Gasteiger partial charge on any atom is 0.125 e. The van der Waals surface area contributed by atoms with Crippen molar-refractivity contribution in [1.82, 2.24) is 9.78 Å². The molecule has 0 unspecified atom stereocenters. The van der Waals surface area contributed by atoms with Gasteiger partial charge in [-0.2, -0.15) is 5.10 Å². The van der Waals surface area contributed by atoms with Crippen LogP contribution in [0.2, 0.25) is 0 Å². The third-order valence-electron chi connectivity index (χ3n) is 2.52. The van der Waals surface area contributed by atoms with E-state index in [4.69, 9.17) is 5.73 Å². The van der Waals surface area contributed by atoms with E-state index in [9.17, 15) is 0 Å². The summed E-state index contributed by atoms with van der Waals surface area (Å²) in [6, 6.07) is 10.4. The maximum absolute atomic E-state index is 5.92. The molecule has 0 spiro atoms. The number of benzene rings is 1. The zero-order valence-electron chi connectivity index (χ0n) is 8.84. The van der Waals surface area contributed by atoms with Crippen molar-refractivity contribution in [3.05, 3.63) is 36.5 Å². The van der Waals surface area contributed by atoms with Gasteiger partial charge in [-0.3, -0.25) is 4.68 Å². The average Bonchev–Trinajstić information content (AvgIpc) is 2.81. The number of nitrogens with zero attached hydrogens (tertiary/aromatic N) is 2. The molecule has 2 heterocycles. The fourth-order valence-electron chi connectivity index (χ4n) is 1.80. The molecule has 0 saturated heterocycles. The molecule has 0 aliphatic carbocycles. The molecule has 0 atom stereocenters. The first kappa shape index (κ1) is 9.42. The lowest BCUT2D eigenvalue weighted by Crippen LogP contribution is -1.86. The Morgan fingerprint density at radius 1 is 1.31 bits per heavy atom. The third-order valence-corrected chi connectivity index (χ3v) is 3.64. The van der Waals surface area contributed by atoms with Crippen LogP contribution in [0.5, 0.6) is 0 Å². The summed E-state index contributed by atoms with van der Waals surface area (Å²) < 4.78 is 3.01. The van der Waals surface area contributed by atoms with Gasteiger partial charge in [-0.1, -0.05) is 18.2 Å². The van der Waals surface area contributed by atoms with E-state index in [-0.39, 0.29) is 0 Å². The molecule has 2 N–H and O–H groups in total. The van der Waals surface area contributed by atoms with Crippen LogP contribution < -0.4 is 5.73 Å². The average molecular weight is 229 g/mol. The van der Waals surface area contributed by atoms with Gasteiger partial charge < -0.3 is 5.73 Å². The SMILES string of the molecule is Cn1cc(N)c(-c2cc3ccccc3s2)n1. The van der Waals surface area contributed by atoms with Crippen molar-refractivity contribution < 1.29 is 0 Å². The van der Waals surface area contributed by atoms with Crippen LogP contribution in [0.1, 0.15) is 0 Å². The topological polar surface area (TPSA) is 43.8 Å². The third kappa shape index (κ3) is 1.39. The quantitative estimate of drug-likeness (QED) is 0.697. The minimum atomic E-state index is 0.731. The van der Waals surface area contributed by atoms with Crippen molar-refractivity contribution in [2.75, 3.05) is 5.73 Å². The van der Waals surface area contributed by atoms with E-state index in [1.54, 1.807) is 16.0 Å². The zero-order valence-corrected chi connectivity index (χ0v) is 9.66. The molecule has 3 nitrogen and oxygen atoms in total. The molecule has 80 valence electrons. The lowest BCUT2D eigenvalue weighted by atomic mass is 10.2. The molecule has 3 rings (SSSR count). The Labute approximate surface area is 97.1 Å². The highest BCUT2D eigenvalue weighted by Gasteiger charge is 2.10. The minimum Gasteiger partial charge on any atom is -0.396 e. The van der Waals surface area contributed by atoms with Gasteiger partial charge in [-0.05, 0) is 17.5 Å². The van der Waals surface area contributed by atoms with Crippen LogP contribution in [0.4, 0.5) is 5.69 Å².